The van der Waals surface area contributed by atoms with Crippen LogP contribution in [0.15, 0.2) is 0 Å². The van der Waals surface area contributed by atoms with Crippen molar-refractivity contribution >= 4 is 33.7 Å². The van der Waals surface area contributed by atoms with Crippen molar-refractivity contribution in [1.82, 2.24) is 10.2 Å². The van der Waals surface area contributed by atoms with Crippen molar-refractivity contribution in [2.24, 2.45) is 0 Å². The Morgan fingerprint density at radius 3 is 2.69 bits per heavy atom. The van der Waals surface area contributed by atoms with Gasteiger partial charge in [-0.25, -0.2) is 0 Å². The van der Waals surface area contributed by atoms with Gasteiger partial charge >= 0.3 is 0 Å². The first-order chi connectivity index (χ1) is 7.59. The number of rotatable bonds is 1. The lowest BCUT2D eigenvalue weighted by molar-refractivity contribution is -0.146. The number of piperidine rings is 2. The molecule has 0 aliphatic carbocycles. The minimum absolute atomic E-state index is 0.0410. The van der Waals surface area contributed by atoms with Crippen LogP contribution >= 0.6 is 15.9 Å². The largest absolute Gasteiger partial charge is 0.330 e. The highest BCUT2D eigenvalue weighted by Gasteiger charge is 2.37. The van der Waals surface area contributed by atoms with E-state index in [0.29, 0.717) is 19.4 Å². The second kappa shape index (κ2) is 4.53. The van der Waals surface area contributed by atoms with Gasteiger partial charge in [-0.2, -0.15) is 0 Å². The van der Waals surface area contributed by atoms with E-state index in [-0.39, 0.29) is 22.5 Å². The van der Waals surface area contributed by atoms with Crippen molar-refractivity contribution in [1.29, 1.82) is 0 Å². The Balaban J connectivity index is 2.09. The summed E-state index contributed by atoms with van der Waals surface area (Å²) in [5, 5.41) is 2.27. The standard InChI is InChI=1S/C10H13BrN2O3/c11-6-2-1-5-13(10(6)16)7-3-4-8(14)12-9(7)15/h6-7H,1-5H2,(H,12,14,15). The van der Waals surface area contributed by atoms with Crippen LogP contribution in [0.25, 0.3) is 0 Å². The monoisotopic (exact) mass is 288 g/mol. The topological polar surface area (TPSA) is 66.5 Å². The Kier molecular flexibility index (Phi) is 3.28. The van der Waals surface area contributed by atoms with Gasteiger partial charge in [0.2, 0.25) is 17.7 Å². The number of carbonyl (C=O) groups is 3. The summed E-state index contributed by atoms with van der Waals surface area (Å²) in [4.78, 5) is 35.9. The number of halogens is 1. The molecule has 2 aliphatic rings. The fourth-order valence-corrected chi connectivity index (χ4v) is 2.73. The van der Waals surface area contributed by atoms with E-state index in [9.17, 15) is 14.4 Å². The first-order valence-corrected chi connectivity index (χ1v) is 6.29. The number of nitrogens with zero attached hydrogens (tertiary/aromatic N) is 1. The van der Waals surface area contributed by atoms with E-state index in [2.05, 4.69) is 21.2 Å². The van der Waals surface area contributed by atoms with Crippen LogP contribution in [-0.4, -0.2) is 40.0 Å². The van der Waals surface area contributed by atoms with Gasteiger partial charge in [0.1, 0.15) is 6.04 Å². The molecule has 0 aromatic heterocycles. The molecule has 88 valence electrons. The zero-order chi connectivity index (χ0) is 11.7. The summed E-state index contributed by atoms with van der Waals surface area (Å²) in [6.07, 6.45) is 2.45. The second-order valence-electron chi connectivity index (χ2n) is 4.11. The predicted molar refractivity (Wildman–Crippen MR) is 59.8 cm³/mol. The second-order valence-corrected chi connectivity index (χ2v) is 5.21. The van der Waals surface area contributed by atoms with Crippen molar-refractivity contribution in [2.75, 3.05) is 6.54 Å². The lowest BCUT2D eigenvalue weighted by Crippen LogP contribution is -2.57. The fourth-order valence-electron chi connectivity index (χ4n) is 2.14. The predicted octanol–water partition coefficient (Wildman–Crippen LogP) is 0.178. The number of hydrogen-bond donors (Lipinski definition) is 1. The third-order valence-electron chi connectivity index (χ3n) is 2.99. The van der Waals surface area contributed by atoms with E-state index < -0.39 is 6.04 Å². The molecule has 16 heavy (non-hydrogen) atoms. The maximum Gasteiger partial charge on any atom is 0.249 e. The molecule has 0 radical (unpaired) electrons. The van der Waals surface area contributed by atoms with Gasteiger partial charge in [-0.15, -0.1) is 0 Å². The summed E-state index contributed by atoms with van der Waals surface area (Å²) in [5.41, 5.74) is 0. The summed E-state index contributed by atoms with van der Waals surface area (Å²) in [5.74, 6) is -0.631. The lowest BCUT2D eigenvalue weighted by atomic mass is 10.0. The highest BCUT2D eigenvalue weighted by molar-refractivity contribution is 9.10. The summed E-state index contributed by atoms with van der Waals surface area (Å²) < 4.78 is 0. The van der Waals surface area contributed by atoms with E-state index in [1.807, 2.05) is 0 Å². The van der Waals surface area contributed by atoms with Crippen molar-refractivity contribution in [3.05, 3.63) is 0 Å². The van der Waals surface area contributed by atoms with Gasteiger partial charge in [0, 0.05) is 13.0 Å². The third-order valence-corrected chi connectivity index (χ3v) is 3.84. The smallest absolute Gasteiger partial charge is 0.249 e. The minimum atomic E-state index is -0.467. The molecule has 2 fully saturated rings. The van der Waals surface area contributed by atoms with E-state index in [0.717, 1.165) is 12.8 Å². The Morgan fingerprint density at radius 2 is 2.00 bits per heavy atom. The van der Waals surface area contributed by atoms with Crippen molar-refractivity contribution in [3.63, 3.8) is 0 Å². The number of carbonyl (C=O) groups excluding carboxylic acids is 3. The van der Waals surface area contributed by atoms with Crippen molar-refractivity contribution in [3.8, 4) is 0 Å². The fraction of sp³-hybridized carbons (Fsp3) is 0.700. The number of alkyl halides is 1. The molecule has 2 rings (SSSR count). The zero-order valence-corrected chi connectivity index (χ0v) is 10.3. The Hall–Kier alpha value is -0.910. The Bertz CT molecular complexity index is 345. The third kappa shape index (κ3) is 2.11. The molecule has 2 unspecified atom stereocenters. The minimum Gasteiger partial charge on any atom is -0.330 e. The van der Waals surface area contributed by atoms with Crippen LogP contribution in [-0.2, 0) is 14.4 Å². The number of nitrogens with one attached hydrogen (secondary N) is 1. The van der Waals surface area contributed by atoms with Gasteiger partial charge in [0.05, 0.1) is 4.83 Å². The average Bonchev–Trinajstić information content (AvgIpc) is 2.23. The van der Waals surface area contributed by atoms with Gasteiger partial charge in [-0.3, -0.25) is 19.7 Å². The normalized spacial score (nSPS) is 31.6. The molecule has 0 spiro atoms. The highest BCUT2D eigenvalue weighted by atomic mass is 79.9. The summed E-state index contributed by atoms with van der Waals surface area (Å²) >= 11 is 3.30. The molecule has 5 nitrogen and oxygen atoms in total. The average molecular weight is 289 g/mol. The van der Waals surface area contributed by atoms with Crippen LogP contribution < -0.4 is 5.32 Å². The quantitative estimate of drug-likeness (QED) is 0.553. The van der Waals surface area contributed by atoms with Crippen LogP contribution in [0.5, 0.6) is 0 Å². The molecule has 1 N–H and O–H groups in total. The molecule has 0 saturated carbocycles. The molecule has 6 heteroatoms. The van der Waals surface area contributed by atoms with Crippen molar-refractivity contribution < 1.29 is 14.4 Å². The Labute approximate surface area is 102 Å². The number of likely N-dealkylation sites (tertiary alicyclic amines) is 1. The number of hydrogen-bond acceptors (Lipinski definition) is 3. The van der Waals surface area contributed by atoms with Crippen molar-refractivity contribution in [2.45, 2.75) is 36.6 Å². The molecular formula is C10H13BrN2O3. The summed E-state index contributed by atoms with van der Waals surface area (Å²) in [6, 6.07) is -0.467. The molecule has 0 aromatic rings. The van der Waals surface area contributed by atoms with E-state index in [1.54, 1.807) is 4.90 Å². The molecular weight excluding hydrogens is 276 g/mol. The molecule has 2 atom stereocenters. The molecule has 0 bridgehead atoms. The first-order valence-electron chi connectivity index (χ1n) is 5.38. The molecule has 3 amide bonds. The maximum absolute atomic E-state index is 11.9. The Morgan fingerprint density at radius 1 is 1.25 bits per heavy atom. The molecule has 2 saturated heterocycles. The van der Waals surface area contributed by atoms with Crippen LogP contribution in [0.2, 0.25) is 0 Å². The van der Waals surface area contributed by atoms with E-state index in [1.165, 1.54) is 0 Å². The molecule has 0 aromatic carbocycles. The summed E-state index contributed by atoms with van der Waals surface area (Å²) in [6.45, 7) is 0.604. The molecule has 2 heterocycles. The van der Waals surface area contributed by atoms with Crippen LogP contribution in [0, 0.1) is 0 Å². The van der Waals surface area contributed by atoms with Crippen LogP contribution in [0.3, 0.4) is 0 Å². The van der Waals surface area contributed by atoms with Gasteiger partial charge in [0.15, 0.2) is 0 Å². The van der Waals surface area contributed by atoms with Gasteiger partial charge in [-0.1, -0.05) is 15.9 Å². The molecule has 2 aliphatic heterocycles. The SMILES string of the molecule is O=C1CCC(N2CCCC(Br)C2=O)C(=O)N1. The number of amides is 3. The van der Waals surface area contributed by atoms with E-state index in [4.69, 9.17) is 0 Å². The van der Waals surface area contributed by atoms with Gasteiger partial charge in [-0.05, 0) is 19.3 Å². The summed E-state index contributed by atoms with van der Waals surface area (Å²) in [7, 11) is 0. The van der Waals surface area contributed by atoms with E-state index >= 15 is 0 Å². The van der Waals surface area contributed by atoms with Crippen LogP contribution in [0.1, 0.15) is 25.7 Å². The van der Waals surface area contributed by atoms with Gasteiger partial charge < -0.3 is 4.90 Å². The van der Waals surface area contributed by atoms with Crippen LogP contribution in [0.4, 0.5) is 0 Å². The number of imide groups is 1. The first kappa shape index (κ1) is 11.6. The van der Waals surface area contributed by atoms with Gasteiger partial charge in [0.25, 0.3) is 0 Å². The maximum atomic E-state index is 11.9. The zero-order valence-electron chi connectivity index (χ0n) is 8.74. The lowest BCUT2D eigenvalue weighted by Gasteiger charge is -2.37. The highest BCUT2D eigenvalue weighted by Crippen LogP contribution is 2.23.